The molecule has 1 amide bonds. The Morgan fingerprint density at radius 3 is 2.52 bits per heavy atom. The van der Waals surface area contributed by atoms with Crippen molar-refractivity contribution < 1.29 is 19.4 Å². The molecule has 0 unspecified atom stereocenters. The Morgan fingerprint density at radius 1 is 1.16 bits per heavy atom. The second-order valence-electron chi connectivity index (χ2n) is 5.98. The molecule has 1 N–H and O–H groups in total. The van der Waals surface area contributed by atoms with Crippen molar-refractivity contribution >= 4 is 23.3 Å². The van der Waals surface area contributed by atoms with Crippen LogP contribution in [0.25, 0.3) is 5.76 Å². The van der Waals surface area contributed by atoms with E-state index in [1.165, 1.54) is 7.11 Å². The Balaban J connectivity index is 2.05. The van der Waals surface area contributed by atoms with Gasteiger partial charge in [-0.25, -0.2) is 4.79 Å². The molecule has 0 bridgehead atoms. The maximum Gasteiger partial charge on any atom is 0.338 e. The van der Waals surface area contributed by atoms with Gasteiger partial charge in [0.2, 0.25) is 5.91 Å². The fraction of sp³-hybridized carbons (Fsp3) is 0.200. The van der Waals surface area contributed by atoms with Gasteiger partial charge in [-0.3, -0.25) is 4.79 Å². The Hall–Kier alpha value is -3.08. The van der Waals surface area contributed by atoms with Crippen molar-refractivity contribution in [3.05, 3.63) is 70.8 Å². The third kappa shape index (κ3) is 3.26. The molecule has 0 radical (unpaired) electrons. The first-order chi connectivity index (χ1) is 12.0. The molecule has 25 heavy (non-hydrogen) atoms. The molecular weight excluding hydrogens is 318 g/mol. The summed E-state index contributed by atoms with van der Waals surface area (Å²) in [5, 5.41) is 10.5. The smallest absolute Gasteiger partial charge is 0.338 e. The lowest BCUT2D eigenvalue weighted by Crippen LogP contribution is -2.30. The molecule has 0 spiro atoms. The summed E-state index contributed by atoms with van der Waals surface area (Å²) in [6.45, 7) is 2.36. The van der Waals surface area contributed by atoms with Crippen molar-refractivity contribution in [1.29, 1.82) is 0 Å². The van der Waals surface area contributed by atoms with Crippen molar-refractivity contribution in [3.63, 3.8) is 0 Å². The van der Waals surface area contributed by atoms with Crippen LogP contribution in [0.1, 0.15) is 23.1 Å². The second-order valence-corrected chi connectivity index (χ2v) is 5.98. The minimum absolute atomic E-state index is 0.0219. The zero-order valence-corrected chi connectivity index (χ0v) is 14.2. The molecular formula is C20H19NO4. The number of carbonyl (C=O) groups is 2. The number of fused-ring (bicyclic) bond motifs is 1. The number of methoxy groups -OCH3 is 1. The Bertz CT molecular complexity index is 852. The van der Waals surface area contributed by atoms with Crippen LogP contribution in [0.3, 0.4) is 0 Å². The van der Waals surface area contributed by atoms with Gasteiger partial charge in [0.15, 0.2) is 0 Å². The highest BCUT2D eigenvalue weighted by atomic mass is 16.5. The summed E-state index contributed by atoms with van der Waals surface area (Å²) in [7, 11) is 1.23. The van der Waals surface area contributed by atoms with E-state index in [0.717, 1.165) is 11.1 Å². The molecule has 5 nitrogen and oxygen atoms in total. The van der Waals surface area contributed by atoms with Crippen LogP contribution in [0.15, 0.2) is 54.1 Å². The molecule has 1 heterocycles. The van der Waals surface area contributed by atoms with Crippen molar-refractivity contribution in [2.45, 2.75) is 19.9 Å². The van der Waals surface area contributed by atoms with Crippen LogP contribution in [0.2, 0.25) is 0 Å². The highest BCUT2D eigenvalue weighted by Crippen LogP contribution is 2.34. The first-order valence-corrected chi connectivity index (χ1v) is 7.97. The summed E-state index contributed by atoms with van der Waals surface area (Å²) in [4.78, 5) is 26.4. The van der Waals surface area contributed by atoms with E-state index in [2.05, 4.69) is 0 Å². The van der Waals surface area contributed by atoms with E-state index in [9.17, 15) is 14.7 Å². The standard InChI is InChI=1S/C20H19NO4/c1-13-7-9-14(10-8-13)12-21-17-6-4-3-5-15(17)19(23)16(11-18(21)22)20(24)25-2/h3-10,23H,11-12H2,1-2H3. The average molecular weight is 337 g/mol. The van der Waals surface area contributed by atoms with Gasteiger partial charge in [0, 0.05) is 5.56 Å². The summed E-state index contributed by atoms with van der Waals surface area (Å²) >= 11 is 0. The number of aryl methyl sites for hydroxylation is 1. The zero-order valence-electron chi connectivity index (χ0n) is 14.2. The number of carbonyl (C=O) groups excluding carboxylic acids is 2. The van der Waals surface area contributed by atoms with E-state index in [0.29, 0.717) is 17.8 Å². The van der Waals surface area contributed by atoms with Gasteiger partial charge in [0.25, 0.3) is 0 Å². The highest BCUT2D eigenvalue weighted by molar-refractivity contribution is 6.09. The molecule has 0 aliphatic carbocycles. The molecule has 2 aromatic carbocycles. The first-order valence-electron chi connectivity index (χ1n) is 7.97. The number of nitrogens with zero attached hydrogens (tertiary/aromatic N) is 1. The second kappa shape index (κ2) is 6.81. The van der Waals surface area contributed by atoms with Crippen LogP contribution < -0.4 is 4.90 Å². The number of aliphatic hydroxyl groups excluding tert-OH is 1. The molecule has 2 aromatic rings. The number of anilines is 1. The SMILES string of the molecule is COC(=O)C1=C(O)c2ccccc2N(Cc2ccc(C)cc2)C(=O)C1. The molecule has 0 fully saturated rings. The van der Waals surface area contributed by atoms with E-state index < -0.39 is 5.97 Å². The minimum atomic E-state index is -0.696. The molecule has 0 aromatic heterocycles. The maximum absolute atomic E-state index is 12.8. The third-order valence-electron chi connectivity index (χ3n) is 4.26. The summed E-state index contributed by atoms with van der Waals surface area (Å²) < 4.78 is 4.72. The van der Waals surface area contributed by atoms with Gasteiger partial charge in [0.05, 0.1) is 31.3 Å². The van der Waals surface area contributed by atoms with Crippen LogP contribution >= 0.6 is 0 Å². The van der Waals surface area contributed by atoms with E-state index in [1.54, 1.807) is 29.2 Å². The lowest BCUT2D eigenvalue weighted by molar-refractivity contribution is -0.137. The molecule has 0 atom stereocenters. The molecule has 5 heteroatoms. The zero-order chi connectivity index (χ0) is 18.0. The third-order valence-corrected chi connectivity index (χ3v) is 4.26. The van der Waals surface area contributed by atoms with E-state index in [1.807, 2.05) is 31.2 Å². The van der Waals surface area contributed by atoms with Gasteiger partial charge in [-0.05, 0) is 24.6 Å². The van der Waals surface area contributed by atoms with Crippen molar-refractivity contribution in [1.82, 2.24) is 0 Å². The van der Waals surface area contributed by atoms with Gasteiger partial charge in [-0.2, -0.15) is 0 Å². The topological polar surface area (TPSA) is 66.8 Å². The predicted octanol–water partition coefficient (Wildman–Crippen LogP) is 3.37. The summed E-state index contributed by atoms with van der Waals surface area (Å²) in [5.74, 6) is -1.17. The highest BCUT2D eigenvalue weighted by Gasteiger charge is 2.30. The molecule has 1 aliphatic heterocycles. The normalized spacial score (nSPS) is 14.2. The largest absolute Gasteiger partial charge is 0.507 e. The first kappa shape index (κ1) is 16.8. The minimum Gasteiger partial charge on any atom is -0.507 e. The predicted molar refractivity (Wildman–Crippen MR) is 95.0 cm³/mol. The van der Waals surface area contributed by atoms with E-state index >= 15 is 0 Å². The molecule has 1 aliphatic rings. The number of hydrogen-bond donors (Lipinski definition) is 1. The van der Waals surface area contributed by atoms with Gasteiger partial charge in [-0.1, -0.05) is 42.0 Å². The van der Waals surface area contributed by atoms with Crippen molar-refractivity contribution in [2.24, 2.45) is 0 Å². The Labute approximate surface area is 146 Å². The molecule has 128 valence electrons. The van der Waals surface area contributed by atoms with Gasteiger partial charge >= 0.3 is 5.97 Å². The average Bonchev–Trinajstić information content (AvgIpc) is 2.73. The number of amides is 1. The van der Waals surface area contributed by atoms with E-state index in [-0.39, 0.29) is 23.7 Å². The number of esters is 1. The molecule has 0 saturated carbocycles. The fourth-order valence-corrected chi connectivity index (χ4v) is 2.88. The van der Waals surface area contributed by atoms with Crippen molar-refractivity contribution in [3.8, 4) is 0 Å². The Morgan fingerprint density at radius 2 is 1.84 bits per heavy atom. The van der Waals surface area contributed by atoms with E-state index in [4.69, 9.17) is 4.74 Å². The number of hydrogen-bond acceptors (Lipinski definition) is 4. The lowest BCUT2D eigenvalue weighted by Gasteiger charge is -2.23. The number of para-hydroxylation sites is 1. The van der Waals surface area contributed by atoms with Gasteiger partial charge in [-0.15, -0.1) is 0 Å². The monoisotopic (exact) mass is 337 g/mol. The van der Waals surface area contributed by atoms with Crippen LogP contribution in [0.4, 0.5) is 5.69 Å². The lowest BCUT2D eigenvalue weighted by atomic mass is 10.1. The number of aliphatic hydroxyl groups is 1. The molecule has 0 saturated heterocycles. The quantitative estimate of drug-likeness (QED) is 0.872. The fourth-order valence-electron chi connectivity index (χ4n) is 2.88. The number of rotatable bonds is 3. The van der Waals surface area contributed by atoms with Gasteiger partial charge < -0.3 is 14.7 Å². The van der Waals surface area contributed by atoms with Crippen molar-refractivity contribution in [2.75, 3.05) is 12.0 Å². The maximum atomic E-state index is 12.8. The summed E-state index contributed by atoms with van der Waals surface area (Å²) in [5.41, 5.74) is 3.10. The summed E-state index contributed by atoms with van der Waals surface area (Å²) in [6, 6.07) is 14.9. The van der Waals surface area contributed by atoms with Crippen LogP contribution in [0.5, 0.6) is 0 Å². The Kier molecular flexibility index (Phi) is 4.57. The van der Waals surface area contributed by atoms with Gasteiger partial charge in [0.1, 0.15) is 5.76 Å². The number of benzene rings is 2. The van der Waals surface area contributed by atoms with Crippen LogP contribution in [0, 0.1) is 6.92 Å². The summed E-state index contributed by atoms with van der Waals surface area (Å²) in [6.07, 6.45) is -0.209. The number of ether oxygens (including phenoxy) is 1. The van der Waals surface area contributed by atoms with Crippen LogP contribution in [-0.2, 0) is 20.9 Å². The van der Waals surface area contributed by atoms with Crippen LogP contribution in [-0.4, -0.2) is 24.1 Å². The molecule has 3 rings (SSSR count).